The number of hydrogen-bond acceptors (Lipinski definition) is 10. The van der Waals surface area contributed by atoms with E-state index in [0.29, 0.717) is 28.8 Å². The lowest BCUT2D eigenvalue weighted by molar-refractivity contribution is -0.310. The number of ether oxygens (including phenoxy) is 1. The zero-order valence-electron chi connectivity index (χ0n) is 22.1. The summed E-state index contributed by atoms with van der Waals surface area (Å²) in [5.74, 6) is 3.84. The van der Waals surface area contributed by atoms with E-state index in [1.165, 1.54) is 12.1 Å². The van der Waals surface area contributed by atoms with Crippen LogP contribution in [0.25, 0.3) is 0 Å². The summed E-state index contributed by atoms with van der Waals surface area (Å²) in [6, 6.07) is 12.5. The van der Waals surface area contributed by atoms with Gasteiger partial charge in [0.25, 0.3) is 5.91 Å². The summed E-state index contributed by atoms with van der Waals surface area (Å²) < 4.78 is 46.7. The monoisotopic (exact) mass is 558 g/mol. The van der Waals surface area contributed by atoms with Crippen molar-refractivity contribution in [2.45, 2.75) is 39.3 Å². The first-order valence-corrected chi connectivity index (χ1v) is 12.3. The number of nitrogens with one attached hydrogen (secondary N) is 1. The number of carbonyl (C=O) groups excluding carboxylic acids is 2. The highest BCUT2D eigenvalue weighted by Gasteiger charge is 2.30. The molecule has 0 radical (unpaired) electrons. The van der Waals surface area contributed by atoms with E-state index in [-0.39, 0.29) is 17.3 Å². The van der Waals surface area contributed by atoms with E-state index in [9.17, 15) is 22.9 Å². The average Bonchev–Trinajstić information content (AvgIpc) is 3.34. The van der Waals surface area contributed by atoms with Crippen molar-refractivity contribution in [3.8, 4) is 0 Å². The number of amides is 1. The van der Waals surface area contributed by atoms with Crippen LogP contribution in [-0.2, 0) is 22.5 Å². The Kier molecular flexibility index (Phi) is 8.52. The van der Waals surface area contributed by atoms with Crippen LogP contribution >= 0.6 is 0 Å². The highest BCUT2D eigenvalue weighted by molar-refractivity contribution is 6.00. The van der Waals surface area contributed by atoms with Crippen molar-refractivity contribution in [1.82, 2.24) is 25.9 Å². The highest BCUT2D eigenvalue weighted by Crippen LogP contribution is 2.33. The standard InChI is InChI=1S/C26H29F3N8O3/c1-26(2,3)40-22(38)15-31-24(39)20-14-32-25(34-13-12-18-6-4-5-7-21(18)34)33-23(20)36(30)35(37(28)29)16-17-8-10-19(27)11-9-17/h4-11,14H,12-13,15-16,30H2,1-3H3,(H,31,39). The zero-order chi connectivity index (χ0) is 29.0. The molecule has 40 heavy (non-hydrogen) atoms. The van der Waals surface area contributed by atoms with Crippen LogP contribution in [-0.4, -0.2) is 51.1 Å². The molecular formula is C26H29F3N8O3. The lowest BCUT2D eigenvalue weighted by atomic mass is 10.2. The summed E-state index contributed by atoms with van der Waals surface area (Å²) in [6.45, 7) is 4.57. The van der Waals surface area contributed by atoms with E-state index < -0.39 is 41.8 Å². The first-order valence-electron chi connectivity index (χ1n) is 12.3. The molecule has 2 aromatic carbocycles. The summed E-state index contributed by atoms with van der Waals surface area (Å²) in [4.78, 5) is 35.7. The number of anilines is 3. The van der Waals surface area contributed by atoms with Crippen molar-refractivity contribution >= 4 is 29.3 Å². The van der Waals surface area contributed by atoms with E-state index in [0.717, 1.165) is 29.6 Å². The van der Waals surface area contributed by atoms with Crippen molar-refractivity contribution < 1.29 is 27.7 Å². The van der Waals surface area contributed by atoms with Crippen LogP contribution in [0.3, 0.4) is 0 Å². The molecule has 0 fully saturated rings. The van der Waals surface area contributed by atoms with Gasteiger partial charge in [0.1, 0.15) is 29.0 Å². The third kappa shape index (κ3) is 6.83. The van der Waals surface area contributed by atoms with Gasteiger partial charge < -0.3 is 15.0 Å². The van der Waals surface area contributed by atoms with Crippen LogP contribution in [0.5, 0.6) is 0 Å². The third-order valence-electron chi connectivity index (χ3n) is 5.82. The van der Waals surface area contributed by atoms with Gasteiger partial charge in [0.2, 0.25) is 5.95 Å². The molecular weight excluding hydrogens is 529 g/mol. The van der Waals surface area contributed by atoms with E-state index >= 15 is 0 Å². The highest BCUT2D eigenvalue weighted by atomic mass is 19.4. The predicted octanol–water partition coefficient (Wildman–Crippen LogP) is 3.46. The number of carbonyl (C=O) groups is 2. The van der Waals surface area contributed by atoms with Gasteiger partial charge in [0, 0.05) is 18.4 Å². The maximum absolute atomic E-state index is 14.1. The fourth-order valence-electron chi connectivity index (χ4n) is 4.06. The number of nitrogens with two attached hydrogens (primary N) is 1. The van der Waals surface area contributed by atoms with E-state index in [4.69, 9.17) is 10.6 Å². The van der Waals surface area contributed by atoms with E-state index in [2.05, 4.69) is 15.3 Å². The molecule has 11 nitrogen and oxygen atoms in total. The van der Waals surface area contributed by atoms with Crippen molar-refractivity contribution in [3.63, 3.8) is 0 Å². The Hall–Kier alpha value is -4.27. The zero-order valence-corrected chi connectivity index (χ0v) is 22.1. The molecule has 14 heteroatoms. The molecule has 1 aliphatic rings. The molecule has 1 amide bonds. The van der Waals surface area contributed by atoms with Gasteiger partial charge in [-0.3, -0.25) is 9.59 Å². The lowest BCUT2D eigenvalue weighted by Crippen LogP contribution is -2.52. The molecule has 0 spiro atoms. The molecule has 3 N–H and O–H groups in total. The Morgan fingerprint density at radius 3 is 2.50 bits per heavy atom. The Balaban J connectivity index is 1.67. The first kappa shape index (κ1) is 28.7. The molecule has 0 aliphatic carbocycles. The van der Waals surface area contributed by atoms with Crippen LogP contribution in [0.2, 0.25) is 0 Å². The first-order chi connectivity index (χ1) is 18.9. The molecule has 0 saturated heterocycles. The number of nitrogens with zero attached hydrogens (tertiary/aromatic N) is 6. The molecule has 0 unspecified atom stereocenters. The second kappa shape index (κ2) is 11.9. The summed E-state index contributed by atoms with van der Waals surface area (Å²) in [6.07, 6.45) is 1.86. The number of esters is 1. The van der Waals surface area contributed by atoms with Gasteiger partial charge in [-0.25, -0.2) is 20.3 Å². The summed E-state index contributed by atoms with van der Waals surface area (Å²) in [5.41, 5.74) is -0.139. The fraction of sp³-hybridized carbons (Fsp3) is 0.308. The third-order valence-corrected chi connectivity index (χ3v) is 5.82. The number of hydrogen-bond donors (Lipinski definition) is 2. The maximum Gasteiger partial charge on any atom is 0.325 e. The van der Waals surface area contributed by atoms with Gasteiger partial charge in [0.05, 0.1) is 6.54 Å². The summed E-state index contributed by atoms with van der Waals surface area (Å²) in [7, 11) is 0. The van der Waals surface area contributed by atoms with Crippen LogP contribution in [0.1, 0.15) is 42.3 Å². The van der Waals surface area contributed by atoms with Gasteiger partial charge in [-0.15, -0.1) is 0 Å². The number of aromatic nitrogens is 2. The topological polar surface area (TPSA) is 120 Å². The number of rotatable bonds is 9. The van der Waals surface area contributed by atoms with Crippen molar-refractivity contribution in [1.29, 1.82) is 0 Å². The Bertz CT molecular complexity index is 1370. The molecule has 212 valence electrons. The number of halogens is 3. The smallest absolute Gasteiger partial charge is 0.325 e. The molecule has 0 atom stereocenters. The molecule has 3 aromatic rings. The molecule has 1 aromatic heterocycles. The van der Waals surface area contributed by atoms with Crippen LogP contribution < -0.4 is 21.2 Å². The molecule has 2 heterocycles. The van der Waals surface area contributed by atoms with Crippen molar-refractivity contribution in [2.24, 2.45) is 5.84 Å². The minimum atomic E-state index is -1.28. The van der Waals surface area contributed by atoms with E-state index in [1.54, 1.807) is 25.7 Å². The Morgan fingerprint density at radius 2 is 1.82 bits per heavy atom. The average molecular weight is 559 g/mol. The van der Waals surface area contributed by atoms with Crippen LogP contribution in [0, 0.1) is 5.82 Å². The maximum atomic E-state index is 14.1. The van der Waals surface area contributed by atoms with E-state index in [1.807, 2.05) is 24.3 Å². The minimum Gasteiger partial charge on any atom is -0.459 e. The lowest BCUT2D eigenvalue weighted by Gasteiger charge is -2.31. The second-order valence-electron chi connectivity index (χ2n) is 9.92. The van der Waals surface area contributed by atoms with Gasteiger partial charge in [-0.2, -0.15) is 4.98 Å². The van der Waals surface area contributed by atoms with Crippen molar-refractivity contribution in [2.75, 3.05) is 23.1 Å². The number of hydrazine groups is 3. The molecule has 1 aliphatic heterocycles. The second-order valence-corrected chi connectivity index (χ2v) is 9.92. The Morgan fingerprint density at radius 1 is 1.12 bits per heavy atom. The number of fused-ring (bicyclic) bond motifs is 1. The molecule has 0 saturated carbocycles. The largest absolute Gasteiger partial charge is 0.459 e. The molecule has 0 bridgehead atoms. The predicted molar refractivity (Wildman–Crippen MR) is 140 cm³/mol. The quantitative estimate of drug-likeness (QED) is 0.175. The summed E-state index contributed by atoms with van der Waals surface area (Å²) in [5, 5.41) is 3.20. The van der Waals surface area contributed by atoms with Gasteiger partial charge in [0.15, 0.2) is 5.82 Å². The number of para-hydroxylation sites is 1. The normalized spacial score (nSPS) is 13.0. The molecule has 4 rings (SSSR count). The van der Waals surface area contributed by atoms with Gasteiger partial charge in [-0.1, -0.05) is 44.4 Å². The van der Waals surface area contributed by atoms with Gasteiger partial charge >= 0.3 is 5.97 Å². The Labute approximate surface area is 228 Å². The summed E-state index contributed by atoms with van der Waals surface area (Å²) >= 11 is 0. The van der Waals surface area contributed by atoms with Gasteiger partial charge in [-0.05, 0) is 56.5 Å². The fourth-order valence-corrected chi connectivity index (χ4v) is 4.06. The van der Waals surface area contributed by atoms with Crippen LogP contribution in [0.4, 0.5) is 30.8 Å². The SMILES string of the molecule is CC(C)(C)OC(=O)CNC(=O)c1cnc(N2CCc3ccccc32)nc1N(N)N(Cc1ccc(F)cc1)N(F)F. The van der Waals surface area contributed by atoms with Crippen molar-refractivity contribution in [3.05, 3.63) is 77.2 Å². The minimum absolute atomic E-state index is 0.130. The number of benzene rings is 2. The van der Waals surface area contributed by atoms with Crippen LogP contribution in [0.15, 0.2) is 54.7 Å².